The first-order valence-corrected chi connectivity index (χ1v) is 5.37. The van der Waals surface area contributed by atoms with Crippen LogP contribution in [0, 0.1) is 18.3 Å². The van der Waals surface area contributed by atoms with Crippen LogP contribution in [-0.4, -0.2) is 0 Å². The zero-order valence-corrected chi connectivity index (χ0v) is 8.02. The molecule has 1 rings (SSSR count). The molecule has 1 aliphatic rings. The molecule has 0 aromatic heterocycles. The quantitative estimate of drug-likeness (QED) is 0.438. The average molecular weight is 164 g/mol. The molecule has 0 amide bonds. The molecule has 1 aliphatic carbocycles. The second-order valence-electron chi connectivity index (χ2n) is 3.95. The Labute approximate surface area is 76.7 Å². The third kappa shape index (κ3) is 3.81. The van der Waals surface area contributed by atoms with Crippen LogP contribution < -0.4 is 0 Å². The van der Waals surface area contributed by atoms with Gasteiger partial charge in [-0.1, -0.05) is 44.9 Å². The van der Waals surface area contributed by atoms with E-state index in [9.17, 15) is 0 Å². The van der Waals surface area contributed by atoms with Crippen LogP contribution in [0.15, 0.2) is 0 Å². The highest BCUT2D eigenvalue weighted by Gasteiger charge is 2.11. The van der Waals surface area contributed by atoms with Crippen LogP contribution in [-0.2, 0) is 0 Å². The minimum atomic E-state index is 0.979. The maximum atomic E-state index is 5.20. The van der Waals surface area contributed by atoms with Crippen molar-refractivity contribution in [1.29, 1.82) is 0 Å². The van der Waals surface area contributed by atoms with E-state index in [-0.39, 0.29) is 0 Å². The standard InChI is InChI=1S/C12H20/c1-2-3-4-6-9-12-10-7-5-8-11-12/h1,12H,3-11H2. The molecule has 0 aromatic carbocycles. The van der Waals surface area contributed by atoms with E-state index in [4.69, 9.17) is 6.42 Å². The van der Waals surface area contributed by atoms with Gasteiger partial charge in [0, 0.05) is 6.42 Å². The summed E-state index contributed by atoms with van der Waals surface area (Å²) in [6.07, 6.45) is 17.6. The first kappa shape index (κ1) is 9.65. The fraction of sp³-hybridized carbons (Fsp3) is 0.833. The van der Waals surface area contributed by atoms with Crippen LogP contribution in [0.3, 0.4) is 0 Å². The molecule has 0 spiro atoms. The van der Waals surface area contributed by atoms with E-state index >= 15 is 0 Å². The number of hydrogen-bond donors (Lipinski definition) is 0. The lowest BCUT2D eigenvalue weighted by Gasteiger charge is -2.20. The van der Waals surface area contributed by atoms with Gasteiger partial charge in [-0.2, -0.15) is 0 Å². The summed E-state index contributed by atoms with van der Waals surface area (Å²) in [5.41, 5.74) is 0. The summed E-state index contributed by atoms with van der Waals surface area (Å²) in [7, 11) is 0. The van der Waals surface area contributed by atoms with E-state index < -0.39 is 0 Å². The van der Waals surface area contributed by atoms with Crippen molar-refractivity contribution in [3.05, 3.63) is 0 Å². The maximum Gasteiger partial charge on any atom is 0.00860 e. The highest BCUT2D eigenvalue weighted by molar-refractivity contribution is 4.83. The van der Waals surface area contributed by atoms with Gasteiger partial charge in [0.1, 0.15) is 0 Å². The summed E-state index contributed by atoms with van der Waals surface area (Å²) in [6.45, 7) is 0. The van der Waals surface area contributed by atoms with Crippen molar-refractivity contribution in [2.45, 2.75) is 57.8 Å². The van der Waals surface area contributed by atoms with Crippen LogP contribution in [0.4, 0.5) is 0 Å². The van der Waals surface area contributed by atoms with Crippen molar-refractivity contribution in [3.8, 4) is 12.3 Å². The minimum Gasteiger partial charge on any atom is -0.120 e. The lowest BCUT2D eigenvalue weighted by molar-refractivity contribution is 0.330. The summed E-state index contributed by atoms with van der Waals surface area (Å²) >= 11 is 0. The molecule has 1 saturated carbocycles. The molecule has 0 N–H and O–H groups in total. The Bertz CT molecular complexity index is 135. The van der Waals surface area contributed by atoms with E-state index in [2.05, 4.69) is 5.92 Å². The molecule has 0 bridgehead atoms. The molecule has 0 radical (unpaired) electrons. The summed E-state index contributed by atoms with van der Waals surface area (Å²) in [4.78, 5) is 0. The van der Waals surface area contributed by atoms with Gasteiger partial charge in [-0.05, 0) is 12.3 Å². The van der Waals surface area contributed by atoms with E-state index in [0.29, 0.717) is 0 Å². The van der Waals surface area contributed by atoms with Gasteiger partial charge in [-0.3, -0.25) is 0 Å². The van der Waals surface area contributed by atoms with Gasteiger partial charge in [0.05, 0.1) is 0 Å². The molecular formula is C12H20. The molecule has 0 heterocycles. The smallest absolute Gasteiger partial charge is 0.00860 e. The number of terminal acetylenes is 1. The predicted molar refractivity (Wildman–Crippen MR) is 53.9 cm³/mol. The third-order valence-corrected chi connectivity index (χ3v) is 2.91. The second-order valence-corrected chi connectivity index (χ2v) is 3.95. The Morgan fingerprint density at radius 3 is 2.50 bits per heavy atom. The van der Waals surface area contributed by atoms with Crippen LogP contribution in [0.2, 0.25) is 0 Å². The topological polar surface area (TPSA) is 0 Å². The molecule has 0 saturated heterocycles. The fourth-order valence-corrected chi connectivity index (χ4v) is 2.14. The van der Waals surface area contributed by atoms with Gasteiger partial charge < -0.3 is 0 Å². The summed E-state index contributed by atoms with van der Waals surface area (Å²) in [5, 5.41) is 0. The highest BCUT2D eigenvalue weighted by Crippen LogP contribution is 2.27. The monoisotopic (exact) mass is 164 g/mol. The first-order valence-electron chi connectivity index (χ1n) is 5.37. The van der Waals surface area contributed by atoms with Crippen molar-refractivity contribution in [3.63, 3.8) is 0 Å². The average Bonchev–Trinajstić information content (AvgIpc) is 2.14. The van der Waals surface area contributed by atoms with E-state index in [0.717, 1.165) is 12.3 Å². The number of rotatable bonds is 4. The molecule has 0 aromatic rings. The zero-order chi connectivity index (χ0) is 8.65. The fourth-order valence-electron chi connectivity index (χ4n) is 2.14. The molecule has 68 valence electrons. The summed E-state index contributed by atoms with van der Waals surface area (Å²) in [6, 6.07) is 0. The molecule has 0 unspecified atom stereocenters. The molecule has 0 nitrogen and oxygen atoms in total. The number of unbranched alkanes of at least 4 members (excludes halogenated alkanes) is 2. The Hall–Kier alpha value is -0.440. The molecule has 0 heteroatoms. The lowest BCUT2D eigenvalue weighted by atomic mass is 9.86. The minimum absolute atomic E-state index is 0.979. The van der Waals surface area contributed by atoms with Gasteiger partial charge in [-0.15, -0.1) is 12.3 Å². The predicted octanol–water partition coefficient (Wildman–Crippen LogP) is 3.76. The Kier molecular flexibility index (Phi) is 4.92. The van der Waals surface area contributed by atoms with Gasteiger partial charge in [-0.25, -0.2) is 0 Å². The van der Waals surface area contributed by atoms with Gasteiger partial charge in [0.2, 0.25) is 0 Å². The van der Waals surface area contributed by atoms with Crippen LogP contribution in [0.1, 0.15) is 57.8 Å². The van der Waals surface area contributed by atoms with E-state index in [1.165, 1.54) is 51.4 Å². The summed E-state index contributed by atoms with van der Waals surface area (Å²) in [5.74, 6) is 3.74. The molecular weight excluding hydrogens is 144 g/mol. The molecule has 0 atom stereocenters. The van der Waals surface area contributed by atoms with Crippen LogP contribution in [0.5, 0.6) is 0 Å². The molecule has 1 fully saturated rings. The van der Waals surface area contributed by atoms with Crippen molar-refractivity contribution >= 4 is 0 Å². The Balaban J connectivity index is 1.95. The highest BCUT2D eigenvalue weighted by atomic mass is 14.2. The Morgan fingerprint density at radius 1 is 1.08 bits per heavy atom. The van der Waals surface area contributed by atoms with Crippen molar-refractivity contribution in [2.24, 2.45) is 5.92 Å². The summed E-state index contributed by atoms with van der Waals surface area (Å²) < 4.78 is 0. The van der Waals surface area contributed by atoms with Crippen molar-refractivity contribution in [2.75, 3.05) is 0 Å². The SMILES string of the molecule is C#CCCCCC1CCCCC1. The Morgan fingerprint density at radius 2 is 1.83 bits per heavy atom. The first-order chi connectivity index (χ1) is 5.93. The normalized spacial score (nSPS) is 18.9. The van der Waals surface area contributed by atoms with Crippen molar-refractivity contribution in [1.82, 2.24) is 0 Å². The van der Waals surface area contributed by atoms with Gasteiger partial charge in [0.15, 0.2) is 0 Å². The number of hydrogen-bond acceptors (Lipinski definition) is 0. The molecule has 0 aliphatic heterocycles. The zero-order valence-electron chi connectivity index (χ0n) is 8.02. The second kappa shape index (κ2) is 6.12. The maximum absolute atomic E-state index is 5.20. The van der Waals surface area contributed by atoms with Crippen molar-refractivity contribution < 1.29 is 0 Å². The van der Waals surface area contributed by atoms with Crippen LogP contribution in [0.25, 0.3) is 0 Å². The third-order valence-electron chi connectivity index (χ3n) is 2.91. The van der Waals surface area contributed by atoms with E-state index in [1.807, 2.05) is 0 Å². The van der Waals surface area contributed by atoms with E-state index in [1.54, 1.807) is 0 Å². The lowest BCUT2D eigenvalue weighted by Crippen LogP contribution is -2.05. The molecule has 12 heavy (non-hydrogen) atoms. The van der Waals surface area contributed by atoms with Gasteiger partial charge >= 0.3 is 0 Å². The van der Waals surface area contributed by atoms with Crippen LogP contribution >= 0.6 is 0 Å². The largest absolute Gasteiger partial charge is 0.120 e. The van der Waals surface area contributed by atoms with Gasteiger partial charge in [0.25, 0.3) is 0 Å².